The van der Waals surface area contributed by atoms with Crippen LogP contribution in [0, 0.1) is 0 Å². The summed E-state index contributed by atoms with van der Waals surface area (Å²) in [6.07, 6.45) is 4.29. The monoisotopic (exact) mass is 342 g/mol. The van der Waals surface area contributed by atoms with Crippen molar-refractivity contribution in [3.8, 4) is 11.8 Å². The SMILES string of the molecule is Clc1cc(Br)ccc1Oc1nc(CNC2CC2)co1. The van der Waals surface area contributed by atoms with Gasteiger partial charge in [-0.25, -0.2) is 0 Å². The molecule has 1 aromatic carbocycles. The molecule has 1 heterocycles. The number of aromatic nitrogens is 1. The molecule has 1 aliphatic rings. The van der Waals surface area contributed by atoms with Crippen molar-refractivity contribution < 1.29 is 9.15 Å². The first-order valence-corrected chi connectivity index (χ1v) is 7.18. The second-order valence-electron chi connectivity index (χ2n) is 4.44. The Hall–Kier alpha value is -1.04. The van der Waals surface area contributed by atoms with E-state index in [4.69, 9.17) is 20.8 Å². The zero-order valence-corrected chi connectivity index (χ0v) is 12.4. The van der Waals surface area contributed by atoms with Gasteiger partial charge in [-0.3, -0.25) is 0 Å². The quantitative estimate of drug-likeness (QED) is 0.886. The van der Waals surface area contributed by atoms with E-state index in [-0.39, 0.29) is 6.08 Å². The molecular weight excluding hydrogens is 332 g/mol. The van der Waals surface area contributed by atoms with Gasteiger partial charge in [0.15, 0.2) is 5.75 Å². The number of hydrogen-bond donors (Lipinski definition) is 1. The Balaban J connectivity index is 1.65. The number of nitrogens with zero attached hydrogens (tertiary/aromatic N) is 1. The molecule has 1 aromatic heterocycles. The van der Waals surface area contributed by atoms with Gasteiger partial charge in [-0.1, -0.05) is 27.5 Å². The summed E-state index contributed by atoms with van der Waals surface area (Å²) >= 11 is 9.40. The minimum Gasteiger partial charge on any atom is -0.417 e. The number of nitrogens with one attached hydrogen (secondary N) is 1. The average molecular weight is 344 g/mol. The van der Waals surface area contributed by atoms with Crippen molar-refractivity contribution >= 4 is 27.5 Å². The summed E-state index contributed by atoms with van der Waals surface area (Å²) in [5.74, 6) is 0.522. The predicted octanol–water partition coefficient (Wildman–Crippen LogP) is 4.13. The molecule has 0 saturated heterocycles. The van der Waals surface area contributed by atoms with E-state index >= 15 is 0 Å². The molecule has 0 unspecified atom stereocenters. The van der Waals surface area contributed by atoms with Crippen LogP contribution in [0.3, 0.4) is 0 Å². The molecule has 0 amide bonds. The number of benzene rings is 1. The van der Waals surface area contributed by atoms with Crippen molar-refractivity contribution in [2.45, 2.75) is 25.4 Å². The van der Waals surface area contributed by atoms with Crippen molar-refractivity contribution in [1.29, 1.82) is 0 Å². The van der Waals surface area contributed by atoms with Crippen molar-refractivity contribution in [1.82, 2.24) is 10.3 Å². The Morgan fingerprint density at radius 1 is 1.47 bits per heavy atom. The zero-order valence-electron chi connectivity index (χ0n) is 10.0. The van der Waals surface area contributed by atoms with Gasteiger partial charge in [0, 0.05) is 17.1 Å². The third-order valence-electron chi connectivity index (χ3n) is 2.77. The number of ether oxygens (including phenoxy) is 1. The second-order valence-corrected chi connectivity index (χ2v) is 5.76. The highest BCUT2D eigenvalue weighted by Crippen LogP contribution is 2.31. The third kappa shape index (κ3) is 3.49. The zero-order chi connectivity index (χ0) is 13.2. The van der Waals surface area contributed by atoms with Gasteiger partial charge in [0.2, 0.25) is 0 Å². The van der Waals surface area contributed by atoms with Crippen LogP contribution in [0.2, 0.25) is 5.02 Å². The molecule has 3 rings (SSSR count). The summed E-state index contributed by atoms with van der Waals surface area (Å²) in [5.41, 5.74) is 0.829. The van der Waals surface area contributed by atoms with E-state index in [0.29, 0.717) is 23.4 Å². The summed E-state index contributed by atoms with van der Waals surface area (Å²) in [6, 6.07) is 6.01. The van der Waals surface area contributed by atoms with E-state index in [1.54, 1.807) is 18.4 Å². The van der Waals surface area contributed by atoms with E-state index in [2.05, 4.69) is 26.2 Å². The van der Waals surface area contributed by atoms with Crippen LogP contribution >= 0.6 is 27.5 Å². The Kier molecular flexibility index (Phi) is 3.77. The first-order valence-electron chi connectivity index (χ1n) is 6.01. The topological polar surface area (TPSA) is 47.3 Å². The van der Waals surface area contributed by atoms with Gasteiger partial charge in [0.05, 0.1) is 10.7 Å². The van der Waals surface area contributed by atoms with Gasteiger partial charge in [-0.2, -0.15) is 4.98 Å². The maximum atomic E-state index is 6.06. The van der Waals surface area contributed by atoms with Crippen molar-refractivity contribution in [3.63, 3.8) is 0 Å². The molecule has 0 aliphatic heterocycles. The molecule has 1 N–H and O–H groups in total. The van der Waals surface area contributed by atoms with Gasteiger partial charge in [0.25, 0.3) is 0 Å². The fraction of sp³-hybridized carbons (Fsp3) is 0.308. The lowest BCUT2D eigenvalue weighted by atomic mass is 10.3. The first-order chi connectivity index (χ1) is 9.20. The Labute approximate surface area is 124 Å². The molecule has 1 fully saturated rings. The lowest BCUT2D eigenvalue weighted by Crippen LogP contribution is -2.15. The molecule has 0 bridgehead atoms. The third-order valence-corrected chi connectivity index (χ3v) is 3.56. The molecule has 0 spiro atoms. The van der Waals surface area contributed by atoms with E-state index in [1.807, 2.05) is 6.07 Å². The number of rotatable bonds is 5. The average Bonchev–Trinajstić information content (AvgIpc) is 3.10. The summed E-state index contributed by atoms with van der Waals surface area (Å²) in [5, 5.41) is 3.86. The van der Waals surface area contributed by atoms with Crippen LogP contribution < -0.4 is 10.1 Å². The Morgan fingerprint density at radius 3 is 3.05 bits per heavy atom. The van der Waals surface area contributed by atoms with Gasteiger partial charge in [0.1, 0.15) is 6.26 Å². The van der Waals surface area contributed by atoms with Crippen LogP contribution in [0.4, 0.5) is 0 Å². The predicted molar refractivity (Wildman–Crippen MR) is 75.6 cm³/mol. The van der Waals surface area contributed by atoms with Gasteiger partial charge < -0.3 is 14.5 Å². The van der Waals surface area contributed by atoms with Crippen LogP contribution in [0.25, 0.3) is 0 Å². The normalized spacial score (nSPS) is 14.6. The molecule has 0 atom stereocenters. The molecule has 1 aliphatic carbocycles. The Bertz CT molecular complexity index is 584. The smallest absolute Gasteiger partial charge is 0.399 e. The molecule has 6 heteroatoms. The minimum atomic E-state index is 0.205. The fourth-order valence-electron chi connectivity index (χ4n) is 1.60. The Morgan fingerprint density at radius 2 is 2.32 bits per heavy atom. The summed E-state index contributed by atoms with van der Waals surface area (Å²) < 4.78 is 11.7. The first kappa shape index (κ1) is 13.0. The molecule has 19 heavy (non-hydrogen) atoms. The van der Waals surface area contributed by atoms with E-state index in [9.17, 15) is 0 Å². The number of halogens is 2. The standard InChI is InChI=1S/C13H12BrClN2O2/c14-8-1-4-12(11(15)5-8)19-13-17-10(7-18-13)6-16-9-2-3-9/h1,4-5,7,9,16H,2-3,6H2. The highest BCUT2D eigenvalue weighted by Gasteiger charge is 2.20. The van der Waals surface area contributed by atoms with Crippen LogP contribution in [0.15, 0.2) is 33.4 Å². The van der Waals surface area contributed by atoms with Crippen LogP contribution in [0.1, 0.15) is 18.5 Å². The van der Waals surface area contributed by atoms with Crippen molar-refractivity contribution in [3.05, 3.63) is 39.7 Å². The highest BCUT2D eigenvalue weighted by atomic mass is 79.9. The van der Waals surface area contributed by atoms with Crippen LogP contribution in [-0.4, -0.2) is 11.0 Å². The summed E-state index contributed by atoms with van der Waals surface area (Å²) in [6.45, 7) is 0.700. The van der Waals surface area contributed by atoms with E-state index < -0.39 is 0 Å². The van der Waals surface area contributed by atoms with Gasteiger partial charge in [-0.15, -0.1) is 0 Å². The summed E-state index contributed by atoms with van der Waals surface area (Å²) in [4.78, 5) is 4.25. The lowest BCUT2D eigenvalue weighted by Gasteiger charge is -2.03. The van der Waals surface area contributed by atoms with Crippen LogP contribution in [0.5, 0.6) is 11.8 Å². The number of oxazole rings is 1. The molecule has 4 nitrogen and oxygen atoms in total. The molecule has 100 valence electrons. The van der Waals surface area contributed by atoms with E-state index in [0.717, 1.165) is 10.2 Å². The molecule has 0 radical (unpaired) electrons. The second kappa shape index (κ2) is 5.53. The fourth-order valence-corrected chi connectivity index (χ4v) is 2.32. The van der Waals surface area contributed by atoms with E-state index in [1.165, 1.54) is 12.8 Å². The molecule has 2 aromatic rings. The van der Waals surface area contributed by atoms with Gasteiger partial charge in [-0.05, 0) is 31.0 Å². The lowest BCUT2D eigenvalue weighted by molar-refractivity contribution is 0.331. The summed E-state index contributed by atoms with van der Waals surface area (Å²) in [7, 11) is 0. The largest absolute Gasteiger partial charge is 0.417 e. The maximum Gasteiger partial charge on any atom is 0.399 e. The maximum absolute atomic E-state index is 6.06. The highest BCUT2D eigenvalue weighted by molar-refractivity contribution is 9.10. The van der Waals surface area contributed by atoms with Crippen molar-refractivity contribution in [2.75, 3.05) is 0 Å². The minimum absolute atomic E-state index is 0.205. The van der Waals surface area contributed by atoms with Gasteiger partial charge >= 0.3 is 6.08 Å². The molecular formula is C13H12BrClN2O2. The van der Waals surface area contributed by atoms with Crippen LogP contribution in [-0.2, 0) is 6.54 Å². The van der Waals surface area contributed by atoms with Crippen molar-refractivity contribution in [2.24, 2.45) is 0 Å². The molecule has 1 saturated carbocycles. The number of hydrogen-bond acceptors (Lipinski definition) is 4.